The molecule has 1 heterocycles. The van der Waals surface area contributed by atoms with Crippen LogP contribution in [-0.4, -0.2) is 34.9 Å². The van der Waals surface area contributed by atoms with Gasteiger partial charge in [0, 0.05) is 25.0 Å². The first kappa shape index (κ1) is 16.9. The van der Waals surface area contributed by atoms with E-state index in [0.717, 1.165) is 0 Å². The molecule has 9 nitrogen and oxygen atoms in total. The Morgan fingerprint density at radius 3 is 2.42 bits per heavy atom. The van der Waals surface area contributed by atoms with Crippen LogP contribution in [0.15, 0.2) is 42.7 Å². The molecule has 24 heavy (non-hydrogen) atoms. The van der Waals surface area contributed by atoms with Crippen LogP contribution in [0.3, 0.4) is 0 Å². The Labute approximate surface area is 137 Å². The molecular weight excluding hydrogens is 314 g/mol. The molecule has 0 aliphatic carbocycles. The van der Waals surface area contributed by atoms with Gasteiger partial charge in [-0.05, 0) is 0 Å². The second-order valence-electron chi connectivity index (χ2n) is 4.55. The molecule has 2 rings (SSSR count). The summed E-state index contributed by atoms with van der Waals surface area (Å²) in [4.78, 5) is 43.3. The molecular formula is C15H15N5O4. The molecule has 0 bridgehead atoms. The number of nitrogens with one attached hydrogen (secondary N) is 2. The van der Waals surface area contributed by atoms with E-state index < -0.39 is 24.0 Å². The van der Waals surface area contributed by atoms with Gasteiger partial charge in [0.1, 0.15) is 0 Å². The van der Waals surface area contributed by atoms with Gasteiger partial charge in [-0.1, -0.05) is 30.3 Å². The molecule has 0 fully saturated rings. The average molecular weight is 329 g/mol. The van der Waals surface area contributed by atoms with Gasteiger partial charge in [-0.25, -0.2) is 19.6 Å². The summed E-state index contributed by atoms with van der Waals surface area (Å²) in [5.41, 5.74) is 5.74. The zero-order chi connectivity index (χ0) is 17.5. The van der Waals surface area contributed by atoms with Gasteiger partial charge in [0.15, 0.2) is 11.5 Å². The van der Waals surface area contributed by atoms with Crippen LogP contribution in [0.1, 0.15) is 22.2 Å². The van der Waals surface area contributed by atoms with Crippen molar-refractivity contribution in [3.05, 3.63) is 54.0 Å². The number of benzene rings is 1. The molecule has 9 heteroatoms. The standard InChI is InChI=1S/C15H15N5O4/c1-17-15(23)20-13(21)11(9-5-3-2-4-6-9)24-14(22)10-12(16)19-8-7-18-10/h2-8,11H,1H3,(H2,16,19)(H2,17,20,21,23)/t11-/m1/s1. The van der Waals surface area contributed by atoms with Gasteiger partial charge in [-0.3, -0.25) is 10.1 Å². The number of nitrogens with zero attached hydrogens (tertiary/aromatic N) is 2. The van der Waals surface area contributed by atoms with E-state index in [0.29, 0.717) is 5.56 Å². The first-order chi connectivity index (χ1) is 11.5. The average Bonchev–Trinajstić information content (AvgIpc) is 2.60. The summed E-state index contributed by atoms with van der Waals surface area (Å²) in [5, 5.41) is 4.31. The molecule has 1 atom stereocenters. The van der Waals surface area contributed by atoms with Gasteiger partial charge >= 0.3 is 12.0 Å². The summed E-state index contributed by atoms with van der Waals surface area (Å²) in [6, 6.07) is 7.51. The molecule has 0 saturated carbocycles. The minimum Gasteiger partial charge on any atom is -0.442 e. The fourth-order valence-electron chi connectivity index (χ4n) is 1.81. The topological polar surface area (TPSA) is 136 Å². The lowest BCUT2D eigenvalue weighted by molar-refractivity contribution is -0.129. The van der Waals surface area contributed by atoms with E-state index >= 15 is 0 Å². The molecule has 0 unspecified atom stereocenters. The number of urea groups is 1. The van der Waals surface area contributed by atoms with Gasteiger partial charge in [0.2, 0.25) is 6.10 Å². The predicted octanol–water partition coefficient (Wildman–Crippen LogP) is 0.412. The first-order valence-corrected chi connectivity index (χ1v) is 6.88. The number of carbonyl (C=O) groups is 3. The minimum absolute atomic E-state index is 0.124. The van der Waals surface area contributed by atoms with E-state index in [1.54, 1.807) is 30.3 Å². The van der Waals surface area contributed by atoms with Gasteiger partial charge in [0.25, 0.3) is 5.91 Å². The quantitative estimate of drug-likeness (QED) is 0.691. The number of esters is 1. The lowest BCUT2D eigenvalue weighted by Gasteiger charge is -2.17. The monoisotopic (exact) mass is 329 g/mol. The van der Waals surface area contributed by atoms with Crippen LogP contribution >= 0.6 is 0 Å². The molecule has 0 spiro atoms. The molecule has 124 valence electrons. The van der Waals surface area contributed by atoms with Crippen molar-refractivity contribution in [2.24, 2.45) is 0 Å². The molecule has 0 aliphatic heterocycles. The number of ether oxygens (including phenoxy) is 1. The van der Waals surface area contributed by atoms with Crippen molar-refractivity contribution in [3.8, 4) is 0 Å². The highest BCUT2D eigenvalue weighted by atomic mass is 16.5. The fraction of sp³-hybridized carbons (Fsp3) is 0.133. The summed E-state index contributed by atoms with van der Waals surface area (Å²) < 4.78 is 5.20. The molecule has 1 aromatic heterocycles. The Morgan fingerprint density at radius 2 is 1.79 bits per heavy atom. The molecule has 0 aliphatic rings. The van der Waals surface area contributed by atoms with Crippen LogP contribution in [0.5, 0.6) is 0 Å². The van der Waals surface area contributed by atoms with Crippen molar-refractivity contribution in [2.45, 2.75) is 6.10 Å². The summed E-state index contributed by atoms with van der Waals surface area (Å²) in [6.45, 7) is 0. The second-order valence-corrected chi connectivity index (χ2v) is 4.55. The van der Waals surface area contributed by atoms with Crippen LogP contribution in [0.4, 0.5) is 10.6 Å². The number of nitrogens with two attached hydrogens (primary N) is 1. The Morgan fingerprint density at radius 1 is 1.12 bits per heavy atom. The number of hydrogen-bond donors (Lipinski definition) is 3. The minimum atomic E-state index is -1.35. The Hall–Kier alpha value is -3.49. The molecule has 0 saturated heterocycles. The zero-order valence-electron chi connectivity index (χ0n) is 12.7. The van der Waals surface area contributed by atoms with Crippen molar-refractivity contribution >= 4 is 23.7 Å². The smallest absolute Gasteiger partial charge is 0.361 e. The van der Waals surface area contributed by atoms with Gasteiger partial charge < -0.3 is 15.8 Å². The Bertz CT molecular complexity index is 751. The third kappa shape index (κ3) is 4.03. The summed E-state index contributed by atoms with van der Waals surface area (Å²) >= 11 is 0. The maximum Gasteiger partial charge on any atom is 0.361 e. The number of rotatable bonds is 4. The third-order valence-corrected chi connectivity index (χ3v) is 2.95. The van der Waals surface area contributed by atoms with E-state index in [4.69, 9.17) is 10.5 Å². The van der Waals surface area contributed by atoms with Crippen molar-refractivity contribution in [2.75, 3.05) is 12.8 Å². The second kappa shape index (κ2) is 7.68. The van der Waals surface area contributed by atoms with Crippen LogP contribution in [-0.2, 0) is 9.53 Å². The molecule has 4 N–H and O–H groups in total. The fourth-order valence-corrected chi connectivity index (χ4v) is 1.81. The van der Waals surface area contributed by atoms with Crippen LogP contribution in [0.2, 0.25) is 0 Å². The number of amides is 3. The highest BCUT2D eigenvalue weighted by Crippen LogP contribution is 2.20. The van der Waals surface area contributed by atoms with Crippen molar-refractivity contribution in [1.82, 2.24) is 20.6 Å². The predicted molar refractivity (Wildman–Crippen MR) is 83.6 cm³/mol. The lowest BCUT2D eigenvalue weighted by atomic mass is 10.1. The number of imide groups is 1. The van der Waals surface area contributed by atoms with Crippen molar-refractivity contribution < 1.29 is 19.1 Å². The summed E-state index contributed by atoms with van der Waals surface area (Å²) in [7, 11) is 1.35. The number of hydrogen-bond acceptors (Lipinski definition) is 7. The Kier molecular flexibility index (Phi) is 5.40. The highest BCUT2D eigenvalue weighted by molar-refractivity contribution is 5.99. The number of anilines is 1. The van der Waals surface area contributed by atoms with Crippen LogP contribution < -0.4 is 16.4 Å². The number of nitrogen functional groups attached to an aromatic ring is 1. The molecule has 1 aromatic carbocycles. The normalized spacial score (nSPS) is 11.2. The summed E-state index contributed by atoms with van der Waals surface area (Å²) in [5.74, 6) is -1.86. The highest BCUT2D eigenvalue weighted by Gasteiger charge is 2.28. The zero-order valence-corrected chi connectivity index (χ0v) is 12.7. The van der Waals surface area contributed by atoms with E-state index in [1.807, 2.05) is 0 Å². The van der Waals surface area contributed by atoms with Gasteiger partial charge in [-0.2, -0.15) is 0 Å². The molecule has 2 aromatic rings. The van der Waals surface area contributed by atoms with Crippen LogP contribution in [0.25, 0.3) is 0 Å². The third-order valence-electron chi connectivity index (χ3n) is 2.95. The van der Waals surface area contributed by atoms with E-state index in [1.165, 1.54) is 19.4 Å². The first-order valence-electron chi connectivity index (χ1n) is 6.88. The van der Waals surface area contributed by atoms with Crippen molar-refractivity contribution in [1.29, 1.82) is 0 Å². The maximum absolute atomic E-state index is 12.2. The SMILES string of the molecule is CNC(=O)NC(=O)[C@H](OC(=O)c1nccnc1N)c1ccccc1. The summed E-state index contributed by atoms with van der Waals surface area (Å²) in [6.07, 6.45) is 1.24. The molecule has 0 radical (unpaired) electrons. The number of carbonyl (C=O) groups excluding carboxylic acids is 3. The van der Waals surface area contributed by atoms with Crippen molar-refractivity contribution in [3.63, 3.8) is 0 Å². The molecule has 3 amide bonds. The maximum atomic E-state index is 12.2. The van der Waals surface area contributed by atoms with Crippen LogP contribution in [0, 0.1) is 0 Å². The largest absolute Gasteiger partial charge is 0.442 e. The van der Waals surface area contributed by atoms with Gasteiger partial charge in [-0.15, -0.1) is 0 Å². The lowest BCUT2D eigenvalue weighted by Crippen LogP contribution is -2.41. The Balaban J connectivity index is 2.26. The van der Waals surface area contributed by atoms with E-state index in [2.05, 4.69) is 20.6 Å². The number of aromatic nitrogens is 2. The van der Waals surface area contributed by atoms with Gasteiger partial charge in [0.05, 0.1) is 0 Å². The van der Waals surface area contributed by atoms with E-state index in [-0.39, 0.29) is 11.5 Å². The van der Waals surface area contributed by atoms with E-state index in [9.17, 15) is 14.4 Å².